The zero-order chi connectivity index (χ0) is 13.9. The summed E-state index contributed by atoms with van der Waals surface area (Å²) in [5.74, 6) is 1.42. The number of fused-ring (bicyclic) bond motifs is 1. The molecule has 1 fully saturated rings. The van der Waals surface area contributed by atoms with Crippen LogP contribution in [0.3, 0.4) is 0 Å². The minimum Gasteiger partial charge on any atom is -0.360 e. The predicted octanol–water partition coefficient (Wildman–Crippen LogP) is 1.88. The molecule has 0 radical (unpaired) electrons. The number of nitrogens with one attached hydrogen (secondary N) is 2. The van der Waals surface area contributed by atoms with E-state index in [4.69, 9.17) is 0 Å². The van der Waals surface area contributed by atoms with E-state index in [9.17, 15) is 4.79 Å². The zero-order valence-electron chi connectivity index (χ0n) is 11.5. The van der Waals surface area contributed by atoms with Crippen LogP contribution in [0, 0.1) is 12.8 Å². The van der Waals surface area contributed by atoms with Crippen LogP contribution in [0.15, 0.2) is 24.5 Å². The molecule has 5 heteroatoms. The molecule has 0 bridgehead atoms. The average molecular weight is 270 g/mol. The molecule has 1 aliphatic carbocycles. The van der Waals surface area contributed by atoms with E-state index in [1.54, 1.807) is 0 Å². The van der Waals surface area contributed by atoms with Crippen molar-refractivity contribution in [2.45, 2.75) is 19.8 Å². The molecule has 0 spiro atoms. The Balaban J connectivity index is 1.68. The molecule has 5 nitrogen and oxygen atoms in total. The van der Waals surface area contributed by atoms with E-state index in [1.165, 1.54) is 19.2 Å². The molecule has 1 amide bonds. The Labute approximate surface area is 117 Å². The van der Waals surface area contributed by atoms with Gasteiger partial charge in [-0.3, -0.25) is 4.79 Å². The van der Waals surface area contributed by atoms with Crippen molar-refractivity contribution in [3.8, 4) is 0 Å². The highest BCUT2D eigenvalue weighted by Gasteiger charge is 2.21. The molecule has 20 heavy (non-hydrogen) atoms. The SMILES string of the molecule is Cc1cccc2ncnc(NCC(=O)NCC3CC3)c12. The van der Waals surface area contributed by atoms with Crippen molar-refractivity contribution in [3.05, 3.63) is 30.1 Å². The molecule has 0 saturated heterocycles. The third-order valence-corrected chi connectivity index (χ3v) is 3.57. The van der Waals surface area contributed by atoms with E-state index >= 15 is 0 Å². The van der Waals surface area contributed by atoms with Crippen molar-refractivity contribution in [2.24, 2.45) is 5.92 Å². The Morgan fingerprint density at radius 2 is 2.20 bits per heavy atom. The summed E-state index contributed by atoms with van der Waals surface area (Å²) in [5.41, 5.74) is 1.99. The first kappa shape index (κ1) is 12.8. The Hall–Kier alpha value is -2.17. The number of carbonyl (C=O) groups excluding carboxylic acids is 1. The van der Waals surface area contributed by atoms with Crippen LogP contribution in [0.2, 0.25) is 0 Å². The fraction of sp³-hybridized carbons (Fsp3) is 0.400. The van der Waals surface area contributed by atoms with Crippen LogP contribution in [-0.4, -0.2) is 29.0 Å². The summed E-state index contributed by atoms with van der Waals surface area (Å²) in [6, 6.07) is 5.93. The average Bonchev–Trinajstić information content (AvgIpc) is 3.27. The lowest BCUT2D eigenvalue weighted by Gasteiger charge is -2.10. The highest BCUT2D eigenvalue weighted by Crippen LogP contribution is 2.27. The van der Waals surface area contributed by atoms with Gasteiger partial charge < -0.3 is 10.6 Å². The molecule has 1 aliphatic rings. The molecule has 0 unspecified atom stereocenters. The molecule has 1 aromatic carbocycles. The van der Waals surface area contributed by atoms with Crippen LogP contribution in [0.1, 0.15) is 18.4 Å². The van der Waals surface area contributed by atoms with Gasteiger partial charge in [-0.05, 0) is 37.3 Å². The molecule has 0 aliphatic heterocycles. The molecule has 3 rings (SSSR count). The molecule has 2 N–H and O–H groups in total. The smallest absolute Gasteiger partial charge is 0.239 e. The third-order valence-electron chi connectivity index (χ3n) is 3.57. The summed E-state index contributed by atoms with van der Waals surface area (Å²) in [6.07, 6.45) is 4.00. The van der Waals surface area contributed by atoms with Gasteiger partial charge in [-0.1, -0.05) is 12.1 Å². The number of hydrogen-bond acceptors (Lipinski definition) is 4. The summed E-state index contributed by atoms with van der Waals surface area (Å²) < 4.78 is 0. The molecule has 1 saturated carbocycles. The van der Waals surface area contributed by atoms with Gasteiger partial charge in [-0.25, -0.2) is 9.97 Å². The number of aromatic nitrogens is 2. The molecular weight excluding hydrogens is 252 g/mol. The van der Waals surface area contributed by atoms with E-state index in [2.05, 4.69) is 20.6 Å². The van der Waals surface area contributed by atoms with Crippen molar-refractivity contribution < 1.29 is 4.79 Å². The van der Waals surface area contributed by atoms with Gasteiger partial charge in [0.05, 0.1) is 12.1 Å². The number of anilines is 1. The van der Waals surface area contributed by atoms with Crippen molar-refractivity contribution in [1.29, 1.82) is 0 Å². The van der Waals surface area contributed by atoms with E-state index in [-0.39, 0.29) is 12.5 Å². The Morgan fingerprint density at radius 3 is 3.00 bits per heavy atom. The largest absolute Gasteiger partial charge is 0.360 e. The van der Waals surface area contributed by atoms with E-state index in [0.717, 1.165) is 28.8 Å². The number of rotatable bonds is 5. The fourth-order valence-corrected chi connectivity index (χ4v) is 2.22. The first-order valence-corrected chi connectivity index (χ1v) is 6.95. The number of amides is 1. The van der Waals surface area contributed by atoms with Gasteiger partial charge in [0.15, 0.2) is 0 Å². The number of benzene rings is 1. The van der Waals surface area contributed by atoms with Gasteiger partial charge >= 0.3 is 0 Å². The predicted molar refractivity (Wildman–Crippen MR) is 78.5 cm³/mol. The van der Waals surface area contributed by atoms with Gasteiger partial charge in [0, 0.05) is 11.9 Å². The molecular formula is C15H18N4O. The standard InChI is InChI=1S/C15H18N4O/c1-10-3-2-4-12-14(10)15(19-9-18-12)17-8-13(20)16-7-11-5-6-11/h2-4,9,11H,5-8H2,1H3,(H,16,20)(H,17,18,19). The van der Waals surface area contributed by atoms with Crippen LogP contribution in [0.4, 0.5) is 5.82 Å². The Kier molecular flexibility index (Phi) is 3.50. The van der Waals surface area contributed by atoms with Gasteiger partial charge in [-0.2, -0.15) is 0 Å². The van der Waals surface area contributed by atoms with Crippen LogP contribution in [-0.2, 0) is 4.79 Å². The third kappa shape index (κ3) is 2.87. The first-order chi connectivity index (χ1) is 9.74. The zero-order valence-corrected chi connectivity index (χ0v) is 11.5. The minimum absolute atomic E-state index is 0.0113. The number of nitrogens with zero attached hydrogens (tertiary/aromatic N) is 2. The van der Waals surface area contributed by atoms with Gasteiger partial charge in [0.1, 0.15) is 12.1 Å². The summed E-state index contributed by atoms with van der Waals surface area (Å²) >= 11 is 0. The lowest BCUT2D eigenvalue weighted by atomic mass is 10.1. The first-order valence-electron chi connectivity index (χ1n) is 6.95. The van der Waals surface area contributed by atoms with Crippen molar-refractivity contribution in [3.63, 3.8) is 0 Å². The second-order valence-electron chi connectivity index (χ2n) is 5.29. The highest BCUT2D eigenvalue weighted by molar-refractivity contribution is 5.93. The monoisotopic (exact) mass is 270 g/mol. The van der Waals surface area contributed by atoms with Crippen LogP contribution in [0.5, 0.6) is 0 Å². The molecule has 0 atom stereocenters. The maximum absolute atomic E-state index is 11.8. The summed E-state index contributed by atoms with van der Waals surface area (Å²) in [5, 5.41) is 7.02. The maximum atomic E-state index is 11.8. The van der Waals surface area contributed by atoms with Crippen molar-refractivity contribution >= 4 is 22.6 Å². The normalized spacial score (nSPS) is 14.2. The second-order valence-corrected chi connectivity index (χ2v) is 5.29. The van der Waals surface area contributed by atoms with Gasteiger partial charge in [0.2, 0.25) is 5.91 Å². The summed E-state index contributed by atoms with van der Waals surface area (Å²) in [6.45, 7) is 3.06. The number of carbonyl (C=O) groups is 1. The molecule has 1 aromatic heterocycles. The second kappa shape index (κ2) is 5.45. The van der Waals surface area contributed by atoms with Crippen LogP contribution < -0.4 is 10.6 Å². The van der Waals surface area contributed by atoms with Crippen LogP contribution in [0.25, 0.3) is 10.9 Å². The quantitative estimate of drug-likeness (QED) is 0.870. The van der Waals surface area contributed by atoms with Crippen LogP contribution >= 0.6 is 0 Å². The summed E-state index contributed by atoms with van der Waals surface area (Å²) in [7, 11) is 0. The molecule has 1 heterocycles. The van der Waals surface area contributed by atoms with E-state index in [0.29, 0.717) is 5.92 Å². The number of aryl methyl sites for hydroxylation is 1. The minimum atomic E-state index is 0.0113. The Bertz CT molecular complexity index is 632. The van der Waals surface area contributed by atoms with Crippen molar-refractivity contribution in [1.82, 2.24) is 15.3 Å². The van der Waals surface area contributed by atoms with Crippen molar-refractivity contribution in [2.75, 3.05) is 18.4 Å². The van der Waals surface area contributed by atoms with Gasteiger partial charge in [-0.15, -0.1) is 0 Å². The summed E-state index contributed by atoms with van der Waals surface area (Å²) in [4.78, 5) is 20.2. The molecule has 2 aromatic rings. The maximum Gasteiger partial charge on any atom is 0.239 e. The molecule has 104 valence electrons. The number of hydrogen-bond donors (Lipinski definition) is 2. The fourth-order valence-electron chi connectivity index (χ4n) is 2.22. The Morgan fingerprint density at radius 1 is 1.35 bits per heavy atom. The lowest BCUT2D eigenvalue weighted by Crippen LogP contribution is -2.31. The van der Waals surface area contributed by atoms with E-state index < -0.39 is 0 Å². The highest BCUT2D eigenvalue weighted by atomic mass is 16.1. The topological polar surface area (TPSA) is 66.9 Å². The van der Waals surface area contributed by atoms with Gasteiger partial charge in [0.25, 0.3) is 0 Å². The lowest BCUT2D eigenvalue weighted by molar-refractivity contribution is -0.119. The van der Waals surface area contributed by atoms with E-state index in [1.807, 2.05) is 25.1 Å².